The van der Waals surface area contributed by atoms with E-state index in [1.54, 1.807) is 6.20 Å². The van der Waals surface area contributed by atoms with Crippen molar-refractivity contribution in [2.45, 2.75) is 6.54 Å². The molecular weight excluding hydrogens is 142 g/mol. The summed E-state index contributed by atoms with van der Waals surface area (Å²) in [7, 11) is 0. The summed E-state index contributed by atoms with van der Waals surface area (Å²) in [6, 6.07) is 1.35. The van der Waals surface area contributed by atoms with Crippen LogP contribution in [0.25, 0.3) is 0 Å². The first kappa shape index (κ1) is 6.42. The quantitative estimate of drug-likeness (QED) is 0.577. The van der Waals surface area contributed by atoms with Crippen molar-refractivity contribution in [1.29, 1.82) is 0 Å². The minimum atomic E-state index is -0.333. The van der Waals surface area contributed by atoms with E-state index in [0.29, 0.717) is 12.4 Å². The fraction of sp³-hybridized carbons (Fsp3) is 0.400. The molecule has 0 aliphatic carbocycles. The van der Waals surface area contributed by atoms with E-state index in [-0.39, 0.29) is 5.63 Å². The summed E-state index contributed by atoms with van der Waals surface area (Å²) in [6.45, 7) is 0.545. The van der Waals surface area contributed by atoms with E-state index in [1.165, 1.54) is 10.8 Å². The Morgan fingerprint density at radius 3 is 3.00 bits per heavy atom. The molecule has 0 amide bonds. The molecule has 0 spiro atoms. The highest BCUT2D eigenvalue weighted by Crippen LogP contribution is 1.85. The molecule has 50 valence electrons. The number of halogens is 1. The minimum Gasteiger partial charge on any atom is -0.337 e. The van der Waals surface area contributed by atoms with Crippen molar-refractivity contribution in [3.8, 4) is 0 Å². The Hall–Kier alpha value is -0.700. The summed E-state index contributed by atoms with van der Waals surface area (Å²) in [5, 5.41) is 0. The van der Waals surface area contributed by atoms with Crippen LogP contribution in [0, 0.1) is 0 Å². The fourth-order valence-electron chi connectivity index (χ4n) is 0.524. The molecule has 0 atom stereocenters. The van der Waals surface area contributed by atoms with Gasteiger partial charge < -0.3 is 4.52 Å². The average molecular weight is 148 g/mol. The first-order valence-corrected chi connectivity index (χ1v) is 3.09. The third-order valence-corrected chi connectivity index (χ3v) is 1.06. The lowest BCUT2D eigenvalue weighted by atomic mass is 10.7. The van der Waals surface area contributed by atoms with Gasteiger partial charge in [-0.1, -0.05) is 0 Å². The van der Waals surface area contributed by atoms with E-state index in [9.17, 15) is 4.79 Å². The first-order valence-electron chi connectivity index (χ1n) is 2.55. The Morgan fingerprint density at radius 1 is 1.78 bits per heavy atom. The maximum Gasteiger partial charge on any atom is 0.357 e. The molecule has 0 aliphatic rings. The van der Waals surface area contributed by atoms with Gasteiger partial charge in [0.05, 0.1) is 6.54 Å². The van der Waals surface area contributed by atoms with Crippen LogP contribution < -0.4 is 5.63 Å². The van der Waals surface area contributed by atoms with Gasteiger partial charge in [-0.25, -0.2) is 9.53 Å². The Labute approximate surface area is 56.8 Å². The second kappa shape index (κ2) is 2.73. The highest BCUT2D eigenvalue weighted by molar-refractivity contribution is 6.17. The summed E-state index contributed by atoms with van der Waals surface area (Å²) >= 11 is 5.36. The molecule has 0 saturated carbocycles. The van der Waals surface area contributed by atoms with E-state index < -0.39 is 0 Å². The number of aromatic nitrogens is 1. The zero-order valence-electron chi connectivity index (χ0n) is 4.71. The summed E-state index contributed by atoms with van der Waals surface area (Å²) < 4.78 is 6.00. The van der Waals surface area contributed by atoms with Gasteiger partial charge in [0, 0.05) is 18.1 Å². The number of rotatable bonds is 2. The van der Waals surface area contributed by atoms with Crippen molar-refractivity contribution in [2.24, 2.45) is 0 Å². The van der Waals surface area contributed by atoms with Crippen molar-refractivity contribution < 1.29 is 4.52 Å². The lowest BCUT2D eigenvalue weighted by Gasteiger charge is -1.90. The Kier molecular flexibility index (Phi) is 1.95. The topological polar surface area (TPSA) is 35.1 Å². The van der Waals surface area contributed by atoms with Gasteiger partial charge in [-0.15, -0.1) is 11.6 Å². The molecule has 0 saturated heterocycles. The van der Waals surface area contributed by atoms with E-state index in [0.717, 1.165) is 0 Å². The molecule has 0 N–H and O–H groups in total. The smallest absolute Gasteiger partial charge is 0.337 e. The van der Waals surface area contributed by atoms with Crippen LogP contribution in [0.3, 0.4) is 0 Å². The van der Waals surface area contributed by atoms with Crippen molar-refractivity contribution in [3.63, 3.8) is 0 Å². The van der Waals surface area contributed by atoms with E-state index in [4.69, 9.17) is 11.6 Å². The second-order valence-electron chi connectivity index (χ2n) is 1.56. The van der Waals surface area contributed by atoms with Gasteiger partial charge in [0.25, 0.3) is 0 Å². The summed E-state index contributed by atoms with van der Waals surface area (Å²) in [5.74, 6) is 0.456. The summed E-state index contributed by atoms with van der Waals surface area (Å²) in [6.07, 6.45) is 1.56. The molecule has 1 rings (SSSR count). The van der Waals surface area contributed by atoms with Gasteiger partial charge in [0.2, 0.25) is 0 Å². The van der Waals surface area contributed by atoms with Crippen molar-refractivity contribution >= 4 is 11.6 Å². The maximum atomic E-state index is 10.3. The first-order chi connectivity index (χ1) is 4.33. The van der Waals surface area contributed by atoms with Crippen LogP contribution in [0.5, 0.6) is 0 Å². The molecule has 0 fully saturated rings. The number of hydrogen-bond donors (Lipinski definition) is 0. The minimum absolute atomic E-state index is 0.333. The summed E-state index contributed by atoms with van der Waals surface area (Å²) in [5.41, 5.74) is -0.333. The van der Waals surface area contributed by atoms with E-state index >= 15 is 0 Å². The molecule has 0 radical (unpaired) electrons. The average Bonchev–Trinajstić information content (AvgIpc) is 2.17. The molecule has 9 heavy (non-hydrogen) atoms. The van der Waals surface area contributed by atoms with Gasteiger partial charge in [0.1, 0.15) is 0 Å². The van der Waals surface area contributed by atoms with Crippen LogP contribution in [0.15, 0.2) is 21.6 Å². The van der Waals surface area contributed by atoms with Crippen LogP contribution in [-0.4, -0.2) is 10.6 Å². The molecule has 1 aromatic rings. The predicted molar refractivity (Wildman–Crippen MR) is 33.7 cm³/mol. The van der Waals surface area contributed by atoms with Crippen molar-refractivity contribution in [2.75, 3.05) is 5.88 Å². The fourth-order valence-corrected chi connectivity index (χ4v) is 0.690. The zero-order valence-corrected chi connectivity index (χ0v) is 5.47. The zero-order chi connectivity index (χ0) is 6.69. The molecule has 0 bridgehead atoms. The van der Waals surface area contributed by atoms with Gasteiger partial charge in [-0.2, -0.15) is 0 Å². The predicted octanol–water partition coefficient (Wildman–Crippen LogP) is 0.680. The third-order valence-electron chi connectivity index (χ3n) is 0.889. The Bertz CT molecular complexity index is 227. The molecule has 0 unspecified atom stereocenters. The van der Waals surface area contributed by atoms with Crippen molar-refractivity contribution in [3.05, 3.63) is 22.7 Å². The van der Waals surface area contributed by atoms with E-state index in [2.05, 4.69) is 4.52 Å². The molecule has 3 nitrogen and oxygen atoms in total. The normalized spacial score (nSPS) is 9.89. The lowest BCUT2D eigenvalue weighted by Crippen LogP contribution is -1.97. The van der Waals surface area contributed by atoms with E-state index in [1.807, 2.05) is 0 Å². The van der Waals surface area contributed by atoms with Crippen LogP contribution in [0.4, 0.5) is 0 Å². The van der Waals surface area contributed by atoms with Crippen LogP contribution >= 0.6 is 11.6 Å². The SMILES string of the molecule is O=c1ccn(CCCl)o1. The second-order valence-corrected chi connectivity index (χ2v) is 1.93. The Balaban J connectivity index is 2.73. The molecule has 4 heteroatoms. The highest BCUT2D eigenvalue weighted by Gasteiger charge is 1.90. The molecule has 0 aromatic carbocycles. The Morgan fingerprint density at radius 2 is 2.56 bits per heavy atom. The van der Waals surface area contributed by atoms with Gasteiger partial charge in [0.15, 0.2) is 0 Å². The maximum absolute atomic E-state index is 10.3. The monoisotopic (exact) mass is 147 g/mol. The summed E-state index contributed by atoms with van der Waals surface area (Å²) in [4.78, 5) is 10.3. The number of hydrogen-bond acceptors (Lipinski definition) is 2. The molecule has 0 aliphatic heterocycles. The number of alkyl halides is 1. The largest absolute Gasteiger partial charge is 0.357 e. The van der Waals surface area contributed by atoms with Gasteiger partial charge >= 0.3 is 5.63 Å². The standard InChI is InChI=1S/C5H6ClNO2/c6-2-4-7-3-1-5(8)9-7/h1,3H,2,4H2. The number of aryl methyl sites for hydroxylation is 1. The van der Waals surface area contributed by atoms with Crippen LogP contribution in [-0.2, 0) is 6.54 Å². The van der Waals surface area contributed by atoms with Gasteiger partial charge in [-0.3, -0.25) is 0 Å². The van der Waals surface area contributed by atoms with Gasteiger partial charge in [-0.05, 0) is 0 Å². The molecule has 1 heterocycles. The molecular formula is C5H6ClNO2. The van der Waals surface area contributed by atoms with Crippen LogP contribution in [0.1, 0.15) is 0 Å². The number of nitrogens with zero attached hydrogens (tertiary/aromatic N) is 1. The molecule has 1 aromatic heterocycles. The highest BCUT2D eigenvalue weighted by atomic mass is 35.5. The third kappa shape index (κ3) is 1.61. The van der Waals surface area contributed by atoms with Crippen LogP contribution in [0.2, 0.25) is 0 Å². The van der Waals surface area contributed by atoms with Crippen molar-refractivity contribution in [1.82, 2.24) is 4.74 Å². The lowest BCUT2D eigenvalue weighted by molar-refractivity contribution is 0.261.